The van der Waals surface area contributed by atoms with Crippen molar-refractivity contribution >= 4 is 0 Å². The molecule has 1 fully saturated rings. The monoisotopic (exact) mass is 235 g/mol. The van der Waals surface area contributed by atoms with Gasteiger partial charge in [-0.1, -0.05) is 12.8 Å². The van der Waals surface area contributed by atoms with Crippen LogP contribution in [0.2, 0.25) is 0 Å². The third-order valence-electron chi connectivity index (χ3n) is 4.26. The van der Waals surface area contributed by atoms with Crippen molar-refractivity contribution in [2.75, 3.05) is 6.54 Å². The molecule has 0 aromatic carbocycles. The maximum Gasteiger partial charge on any atom is 0.108 e. The Morgan fingerprint density at radius 3 is 3.00 bits per heavy atom. The van der Waals surface area contributed by atoms with Gasteiger partial charge in [0.2, 0.25) is 0 Å². The van der Waals surface area contributed by atoms with Crippen LogP contribution in [0.3, 0.4) is 0 Å². The van der Waals surface area contributed by atoms with Crippen molar-refractivity contribution < 1.29 is 9.52 Å². The van der Waals surface area contributed by atoms with E-state index >= 15 is 0 Å². The van der Waals surface area contributed by atoms with Gasteiger partial charge in [0.1, 0.15) is 5.76 Å². The summed E-state index contributed by atoms with van der Waals surface area (Å²) in [6, 6.07) is 2.45. The van der Waals surface area contributed by atoms with E-state index in [1.54, 1.807) is 6.26 Å². The Kier molecular flexibility index (Phi) is 2.97. The van der Waals surface area contributed by atoms with Gasteiger partial charge in [0.15, 0.2) is 0 Å². The van der Waals surface area contributed by atoms with E-state index in [4.69, 9.17) is 4.42 Å². The third kappa shape index (κ3) is 2.26. The molecule has 1 aromatic heterocycles. The number of nitrogens with one attached hydrogen (secondary N) is 1. The summed E-state index contributed by atoms with van der Waals surface area (Å²) in [6.07, 6.45) is 9.41. The molecule has 0 bridgehead atoms. The lowest BCUT2D eigenvalue weighted by molar-refractivity contribution is 0.0441. The van der Waals surface area contributed by atoms with Gasteiger partial charge in [-0.3, -0.25) is 0 Å². The van der Waals surface area contributed by atoms with Gasteiger partial charge in [0.25, 0.3) is 0 Å². The Balaban J connectivity index is 1.63. The minimum atomic E-state index is -0.457. The largest absolute Gasteiger partial charge is 0.469 e. The molecule has 3 rings (SSSR count). The molecule has 1 heterocycles. The van der Waals surface area contributed by atoms with Crippen molar-refractivity contribution in [1.29, 1.82) is 0 Å². The van der Waals surface area contributed by atoms with Gasteiger partial charge in [0, 0.05) is 24.6 Å². The van der Waals surface area contributed by atoms with Gasteiger partial charge in [-0.25, -0.2) is 0 Å². The lowest BCUT2D eigenvalue weighted by Crippen LogP contribution is -2.40. The molecule has 2 N–H and O–H groups in total. The Bertz CT molecular complexity index is 379. The van der Waals surface area contributed by atoms with E-state index in [0.717, 1.165) is 38.0 Å². The molecule has 0 spiro atoms. The molecule has 2 aliphatic carbocycles. The second-order valence-electron chi connectivity index (χ2n) is 5.56. The van der Waals surface area contributed by atoms with E-state index in [2.05, 4.69) is 11.4 Å². The van der Waals surface area contributed by atoms with Crippen LogP contribution in [0.5, 0.6) is 0 Å². The normalized spacial score (nSPS) is 27.0. The summed E-state index contributed by atoms with van der Waals surface area (Å²) in [5, 5.41) is 13.9. The van der Waals surface area contributed by atoms with E-state index in [1.807, 2.05) is 0 Å². The quantitative estimate of drug-likeness (QED) is 0.846. The zero-order valence-electron chi connectivity index (χ0n) is 10.2. The van der Waals surface area contributed by atoms with Crippen LogP contribution in [-0.4, -0.2) is 17.3 Å². The molecule has 1 aromatic rings. The van der Waals surface area contributed by atoms with Crippen LogP contribution >= 0.6 is 0 Å². The number of furan rings is 1. The molecule has 1 atom stereocenters. The van der Waals surface area contributed by atoms with Crippen LogP contribution in [0.1, 0.15) is 55.9 Å². The molecule has 1 unspecified atom stereocenters. The molecule has 17 heavy (non-hydrogen) atoms. The molecule has 1 saturated carbocycles. The smallest absolute Gasteiger partial charge is 0.108 e. The Morgan fingerprint density at radius 1 is 1.35 bits per heavy atom. The van der Waals surface area contributed by atoms with Crippen LogP contribution in [0.15, 0.2) is 16.7 Å². The van der Waals surface area contributed by atoms with Gasteiger partial charge >= 0.3 is 0 Å². The van der Waals surface area contributed by atoms with Crippen LogP contribution in [0, 0.1) is 0 Å². The first-order chi connectivity index (χ1) is 8.27. The highest BCUT2D eigenvalue weighted by molar-refractivity contribution is 5.24. The second kappa shape index (κ2) is 4.46. The molecule has 0 saturated heterocycles. The van der Waals surface area contributed by atoms with E-state index in [0.29, 0.717) is 6.04 Å². The zero-order chi connectivity index (χ0) is 11.7. The fourth-order valence-corrected chi connectivity index (χ4v) is 3.22. The SMILES string of the molecule is OC1(CNC2CCCc3occc32)CCCC1. The number of rotatable bonds is 3. The van der Waals surface area contributed by atoms with Crippen molar-refractivity contribution in [2.24, 2.45) is 0 Å². The topological polar surface area (TPSA) is 45.4 Å². The standard InChI is InChI=1S/C14H21NO2/c16-14(7-1-2-8-14)10-15-12-4-3-5-13-11(12)6-9-17-13/h6,9,12,15-16H,1-5,7-8,10H2. The zero-order valence-corrected chi connectivity index (χ0v) is 10.2. The summed E-state index contributed by atoms with van der Waals surface area (Å²) in [5.41, 5.74) is 0.847. The first kappa shape index (κ1) is 11.3. The Labute approximate surface area is 102 Å². The molecule has 0 radical (unpaired) electrons. The number of hydrogen-bond acceptors (Lipinski definition) is 3. The summed E-state index contributed by atoms with van der Waals surface area (Å²) in [6.45, 7) is 0.724. The van der Waals surface area contributed by atoms with E-state index in [9.17, 15) is 5.11 Å². The first-order valence-corrected chi connectivity index (χ1v) is 6.79. The molecule has 94 valence electrons. The van der Waals surface area contributed by atoms with E-state index < -0.39 is 5.60 Å². The minimum absolute atomic E-state index is 0.377. The van der Waals surface area contributed by atoms with Gasteiger partial charge in [-0.05, 0) is 31.7 Å². The number of aliphatic hydroxyl groups is 1. The summed E-state index contributed by atoms with van der Waals surface area (Å²) in [5.74, 6) is 1.13. The van der Waals surface area contributed by atoms with E-state index in [-0.39, 0.29) is 0 Å². The number of aryl methyl sites for hydroxylation is 1. The number of hydrogen-bond donors (Lipinski definition) is 2. The molecule has 0 aliphatic heterocycles. The first-order valence-electron chi connectivity index (χ1n) is 6.79. The van der Waals surface area contributed by atoms with E-state index in [1.165, 1.54) is 24.8 Å². The Hall–Kier alpha value is -0.800. The van der Waals surface area contributed by atoms with Crippen LogP contribution in [-0.2, 0) is 6.42 Å². The predicted molar refractivity (Wildman–Crippen MR) is 65.8 cm³/mol. The van der Waals surface area contributed by atoms with Crippen molar-refractivity contribution in [3.63, 3.8) is 0 Å². The summed E-state index contributed by atoms with van der Waals surface area (Å²) in [7, 11) is 0. The van der Waals surface area contributed by atoms with Crippen molar-refractivity contribution in [3.05, 3.63) is 23.7 Å². The third-order valence-corrected chi connectivity index (χ3v) is 4.26. The molecule has 3 heteroatoms. The molecular weight excluding hydrogens is 214 g/mol. The fourth-order valence-electron chi connectivity index (χ4n) is 3.22. The minimum Gasteiger partial charge on any atom is -0.469 e. The van der Waals surface area contributed by atoms with Gasteiger partial charge in [-0.15, -0.1) is 0 Å². The van der Waals surface area contributed by atoms with Crippen LogP contribution in [0.4, 0.5) is 0 Å². The molecule has 2 aliphatic rings. The lowest BCUT2D eigenvalue weighted by atomic mass is 9.92. The maximum absolute atomic E-state index is 10.3. The summed E-state index contributed by atoms with van der Waals surface area (Å²) >= 11 is 0. The summed E-state index contributed by atoms with van der Waals surface area (Å²) in [4.78, 5) is 0. The molecule has 0 amide bonds. The van der Waals surface area contributed by atoms with Gasteiger partial charge in [-0.2, -0.15) is 0 Å². The average molecular weight is 235 g/mol. The highest BCUT2D eigenvalue weighted by atomic mass is 16.3. The second-order valence-corrected chi connectivity index (χ2v) is 5.56. The predicted octanol–water partition coefficient (Wildman–Crippen LogP) is 2.55. The van der Waals surface area contributed by atoms with Crippen molar-refractivity contribution in [1.82, 2.24) is 5.32 Å². The van der Waals surface area contributed by atoms with Crippen molar-refractivity contribution in [3.8, 4) is 0 Å². The van der Waals surface area contributed by atoms with Gasteiger partial charge < -0.3 is 14.8 Å². The van der Waals surface area contributed by atoms with Crippen molar-refractivity contribution in [2.45, 2.75) is 56.6 Å². The molecular formula is C14H21NO2. The maximum atomic E-state index is 10.3. The lowest BCUT2D eigenvalue weighted by Gasteiger charge is -2.28. The fraction of sp³-hybridized carbons (Fsp3) is 0.714. The van der Waals surface area contributed by atoms with Gasteiger partial charge in [0.05, 0.1) is 11.9 Å². The van der Waals surface area contributed by atoms with Crippen LogP contribution in [0.25, 0.3) is 0 Å². The summed E-state index contributed by atoms with van der Waals surface area (Å²) < 4.78 is 5.48. The number of fused-ring (bicyclic) bond motifs is 1. The average Bonchev–Trinajstić information content (AvgIpc) is 2.95. The Morgan fingerprint density at radius 2 is 2.18 bits per heavy atom. The highest BCUT2D eigenvalue weighted by Crippen LogP contribution is 2.33. The molecule has 3 nitrogen and oxygen atoms in total. The van der Waals surface area contributed by atoms with Crippen LogP contribution < -0.4 is 5.32 Å². The highest BCUT2D eigenvalue weighted by Gasteiger charge is 2.32.